The van der Waals surface area contributed by atoms with Gasteiger partial charge in [-0.15, -0.1) is 11.8 Å². The Morgan fingerprint density at radius 3 is 2.88 bits per heavy atom. The number of ether oxygens (including phenoxy) is 1. The number of aromatic nitrogens is 2. The molecule has 0 spiro atoms. The lowest BCUT2D eigenvalue weighted by Crippen LogP contribution is -2.03. The lowest BCUT2D eigenvalue weighted by Gasteiger charge is -2.07. The van der Waals surface area contributed by atoms with E-state index in [0.717, 1.165) is 40.8 Å². The van der Waals surface area contributed by atoms with Gasteiger partial charge in [-0.25, -0.2) is 9.97 Å². The fourth-order valence-corrected chi connectivity index (χ4v) is 3.07. The van der Waals surface area contributed by atoms with Crippen LogP contribution in [0.25, 0.3) is 10.9 Å². The molecule has 0 aliphatic carbocycles. The first-order chi connectivity index (χ1) is 12.8. The number of thioether (sulfide) groups is 1. The lowest BCUT2D eigenvalue weighted by atomic mass is 10.1. The minimum absolute atomic E-state index is 0.577. The Bertz CT molecular complexity index is 947. The van der Waals surface area contributed by atoms with Gasteiger partial charge in [0.05, 0.1) is 12.1 Å². The van der Waals surface area contributed by atoms with E-state index in [9.17, 15) is 0 Å². The Morgan fingerprint density at radius 2 is 2.04 bits per heavy atom. The number of anilines is 1. The van der Waals surface area contributed by atoms with Gasteiger partial charge in [-0.3, -0.25) is 0 Å². The number of hydrogen-bond donors (Lipinski definition) is 1. The fraction of sp³-hybridized carbons (Fsp3) is 0.238. The Hall–Kier alpha value is -2.55. The second-order valence-corrected chi connectivity index (χ2v) is 6.55. The third-order valence-corrected chi connectivity index (χ3v) is 4.65. The van der Waals surface area contributed by atoms with Crippen LogP contribution in [-0.4, -0.2) is 29.9 Å². The maximum Gasteiger partial charge on any atom is 0.137 e. The minimum Gasteiger partial charge on any atom is -0.380 e. The molecule has 0 amide bonds. The van der Waals surface area contributed by atoms with Gasteiger partial charge in [0.25, 0.3) is 0 Å². The molecule has 26 heavy (non-hydrogen) atoms. The first-order valence-electron chi connectivity index (χ1n) is 8.40. The van der Waals surface area contributed by atoms with Crippen LogP contribution in [0.4, 0.5) is 5.82 Å². The highest BCUT2D eigenvalue weighted by Gasteiger charge is 2.04. The first-order valence-corrected chi connectivity index (χ1v) is 9.62. The predicted molar refractivity (Wildman–Crippen MR) is 108 cm³/mol. The van der Waals surface area contributed by atoms with Crippen molar-refractivity contribution in [1.82, 2.24) is 9.97 Å². The smallest absolute Gasteiger partial charge is 0.137 e. The molecule has 2 aromatic carbocycles. The van der Waals surface area contributed by atoms with Crippen molar-refractivity contribution < 1.29 is 4.74 Å². The van der Waals surface area contributed by atoms with Crippen molar-refractivity contribution in [3.63, 3.8) is 0 Å². The van der Waals surface area contributed by atoms with Crippen LogP contribution in [0.15, 0.2) is 53.7 Å². The van der Waals surface area contributed by atoms with E-state index >= 15 is 0 Å². The van der Waals surface area contributed by atoms with Crippen molar-refractivity contribution >= 4 is 28.5 Å². The Morgan fingerprint density at radius 1 is 1.15 bits per heavy atom. The van der Waals surface area contributed by atoms with Gasteiger partial charge in [-0.05, 0) is 36.1 Å². The van der Waals surface area contributed by atoms with Crippen molar-refractivity contribution in [2.24, 2.45) is 0 Å². The molecule has 0 aliphatic heterocycles. The van der Waals surface area contributed by atoms with Crippen molar-refractivity contribution in [1.29, 1.82) is 0 Å². The van der Waals surface area contributed by atoms with Gasteiger partial charge in [0, 0.05) is 35.9 Å². The molecule has 0 saturated heterocycles. The van der Waals surface area contributed by atoms with E-state index in [2.05, 4.69) is 45.5 Å². The van der Waals surface area contributed by atoms with Crippen LogP contribution >= 0.6 is 11.8 Å². The SMILES string of the molecule is COCc1ccccc1C#CCCNc1ncnc2ccc(SC)cc12. The zero-order valence-electron chi connectivity index (χ0n) is 15.0. The maximum atomic E-state index is 5.22. The van der Waals surface area contributed by atoms with Gasteiger partial charge < -0.3 is 10.1 Å². The summed E-state index contributed by atoms with van der Waals surface area (Å²) in [6, 6.07) is 14.3. The Balaban J connectivity index is 1.66. The number of nitrogens with zero attached hydrogens (tertiary/aromatic N) is 2. The highest BCUT2D eigenvalue weighted by Crippen LogP contribution is 2.24. The van der Waals surface area contributed by atoms with E-state index in [4.69, 9.17) is 4.74 Å². The highest BCUT2D eigenvalue weighted by atomic mass is 32.2. The standard InChI is InChI=1S/C21H21N3OS/c1-25-14-17-9-4-3-7-16(17)8-5-6-12-22-21-19-13-18(26-2)10-11-20(19)23-15-24-21/h3-4,7,9-11,13,15H,6,12,14H2,1-2H3,(H,22,23,24). The lowest BCUT2D eigenvalue weighted by molar-refractivity contribution is 0.184. The van der Waals surface area contributed by atoms with Crippen LogP contribution in [0.1, 0.15) is 17.5 Å². The number of methoxy groups -OCH3 is 1. The molecule has 1 heterocycles. The third kappa shape index (κ3) is 4.54. The van der Waals surface area contributed by atoms with Crippen LogP contribution in [0.2, 0.25) is 0 Å². The van der Waals surface area contributed by atoms with Gasteiger partial charge in [-0.1, -0.05) is 30.0 Å². The fourth-order valence-electron chi connectivity index (χ4n) is 2.63. The molecular formula is C21H21N3OS. The zero-order chi connectivity index (χ0) is 18.2. The summed E-state index contributed by atoms with van der Waals surface area (Å²) in [6.45, 7) is 1.31. The summed E-state index contributed by atoms with van der Waals surface area (Å²) in [5, 5.41) is 4.42. The second-order valence-electron chi connectivity index (χ2n) is 5.67. The van der Waals surface area contributed by atoms with Crippen molar-refractivity contribution in [2.75, 3.05) is 25.2 Å². The molecule has 1 aromatic heterocycles. The first kappa shape index (κ1) is 18.2. The van der Waals surface area contributed by atoms with Gasteiger partial charge in [-0.2, -0.15) is 0 Å². The van der Waals surface area contributed by atoms with Crippen LogP contribution in [-0.2, 0) is 11.3 Å². The van der Waals surface area contributed by atoms with E-state index < -0.39 is 0 Å². The van der Waals surface area contributed by atoms with E-state index in [1.165, 1.54) is 4.90 Å². The summed E-state index contributed by atoms with van der Waals surface area (Å²) in [6.07, 6.45) is 4.39. The van der Waals surface area contributed by atoms with Gasteiger partial charge in [0.1, 0.15) is 12.1 Å². The summed E-state index contributed by atoms with van der Waals surface area (Å²) in [5.74, 6) is 7.31. The summed E-state index contributed by atoms with van der Waals surface area (Å²) < 4.78 is 5.22. The molecule has 0 bridgehead atoms. The van der Waals surface area contributed by atoms with E-state index in [1.807, 2.05) is 30.3 Å². The van der Waals surface area contributed by atoms with Crippen LogP contribution in [0.3, 0.4) is 0 Å². The van der Waals surface area contributed by atoms with Crippen molar-refractivity contribution in [3.05, 3.63) is 59.9 Å². The average Bonchev–Trinajstić information content (AvgIpc) is 2.69. The summed E-state index contributed by atoms with van der Waals surface area (Å²) in [7, 11) is 1.70. The number of rotatable bonds is 6. The molecule has 0 unspecified atom stereocenters. The Kier molecular flexibility index (Phi) is 6.48. The summed E-state index contributed by atoms with van der Waals surface area (Å²) in [4.78, 5) is 9.91. The predicted octanol–water partition coefficient (Wildman–Crippen LogP) is 4.35. The molecule has 132 valence electrons. The summed E-state index contributed by atoms with van der Waals surface area (Å²) in [5.41, 5.74) is 3.08. The zero-order valence-corrected chi connectivity index (χ0v) is 15.8. The molecule has 5 heteroatoms. The molecule has 3 aromatic rings. The molecule has 0 fully saturated rings. The monoisotopic (exact) mass is 363 g/mol. The van der Waals surface area contributed by atoms with E-state index in [1.54, 1.807) is 25.2 Å². The molecule has 0 saturated carbocycles. The summed E-state index contributed by atoms with van der Waals surface area (Å²) >= 11 is 1.71. The molecule has 1 N–H and O–H groups in total. The van der Waals surface area contributed by atoms with Crippen LogP contribution in [0, 0.1) is 11.8 Å². The molecule has 0 aliphatic rings. The molecule has 4 nitrogen and oxygen atoms in total. The molecule has 3 rings (SSSR count). The van der Waals surface area contributed by atoms with E-state index in [0.29, 0.717) is 6.61 Å². The number of fused-ring (bicyclic) bond motifs is 1. The van der Waals surface area contributed by atoms with Crippen molar-refractivity contribution in [3.8, 4) is 11.8 Å². The molecule has 0 radical (unpaired) electrons. The highest BCUT2D eigenvalue weighted by molar-refractivity contribution is 7.98. The Labute approximate surface area is 158 Å². The topological polar surface area (TPSA) is 47.0 Å². The molecule has 0 atom stereocenters. The normalized spacial score (nSPS) is 10.4. The van der Waals surface area contributed by atoms with Gasteiger partial charge >= 0.3 is 0 Å². The average molecular weight is 363 g/mol. The van der Waals surface area contributed by atoms with Gasteiger partial charge in [0.15, 0.2) is 0 Å². The van der Waals surface area contributed by atoms with E-state index in [-0.39, 0.29) is 0 Å². The van der Waals surface area contributed by atoms with Gasteiger partial charge in [0.2, 0.25) is 0 Å². The minimum atomic E-state index is 0.577. The maximum absolute atomic E-state index is 5.22. The number of benzene rings is 2. The second kappa shape index (κ2) is 9.23. The third-order valence-electron chi connectivity index (χ3n) is 3.93. The number of nitrogens with one attached hydrogen (secondary N) is 1. The largest absolute Gasteiger partial charge is 0.380 e. The van der Waals surface area contributed by atoms with Crippen molar-refractivity contribution in [2.45, 2.75) is 17.9 Å². The quantitative estimate of drug-likeness (QED) is 0.401. The van der Waals surface area contributed by atoms with Crippen LogP contribution in [0.5, 0.6) is 0 Å². The number of hydrogen-bond acceptors (Lipinski definition) is 5. The molecular weight excluding hydrogens is 342 g/mol. The van der Waals surface area contributed by atoms with Crippen LogP contribution < -0.4 is 5.32 Å².